The van der Waals surface area contributed by atoms with Crippen molar-refractivity contribution >= 4 is 40.1 Å². The molecule has 0 N–H and O–H groups in total. The number of halogens is 3. The number of hydrogen-bond acceptors (Lipinski definition) is 2. The van der Waals surface area contributed by atoms with Crippen molar-refractivity contribution in [3.05, 3.63) is 93.5 Å². The molecule has 33 heavy (non-hydrogen) atoms. The Morgan fingerprint density at radius 1 is 1.03 bits per heavy atom. The van der Waals surface area contributed by atoms with Crippen molar-refractivity contribution in [2.24, 2.45) is 0 Å². The first-order valence-electron chi connectivity index (χ1n) is 10.9. The zero-order chi connectivity index (χ0) is 23.1. The molecule has 1 aromatic heterocycles. The van der Waals surface area contributed by atoms with E-state index in [2.05, 4.69) is 0 Å². The number of hydrogen-bond donors (Lipinski definition) is 0. The Bertz CT molecular complexity index is 1350. The lowest BCUT2D eigenvalue weighted by molar-refractivity contribution is 0.0599. The summed E-state index contributed by atoms with van der Waals surface area (Å²) in [6.45, 7) is 2.62. The average molecular weight is 482 g/mol. The van der Waals surface area contributed by atoms with Crippen molar-refractivity contribution in [3.8, 4) is 5.69 Å². The molecule has 1 unspecified atom stereocenters. The lowest BCUT2D eigenvalue weighted by Crippen LogP contribution is -2.39. The number of imidazole rings is 1. The van der Waals surface area contributed by atoms with Gasteiger partial charge < -0.3 is 4.90 Å². The highest BCUT2D eigenvalue weighted by atomic mass is 35.5. The van der Waals surface area contributed by atoms with Gasteiger partial charge in [0.05, 0.1) is 27.7 Å². The summed E-state index contributed by atoms with van der Waals surface area (Å²) in [7, 11) is 0. The lowest BCUT2D eigenvalue weighted by Gasteiger charge is -2.36. The molecule has 1 aliphatic rings. The summed E-state index contributed by atoms with van der Waals surface area (Å²) in [6.07, 6.45) is 2.62. The van der Waals surface area contributed by atoms with Crippen LogP contribution in [-0.2, 0) is 0 Å². The number of nitrogens with zero attached hydrogens (tertiary/aromatic N) is 3. The summed E-state index contributed by atoms with van der Waals surface area (Å²) in [5.41, 5.74) is 3.85. The van der Waals surface area contributed by atoms with Gasteiger partial charge in [0.1, 0.15) is 11.6 Å². The van der Waals surface area contributed by atoms with Crippen molar-refractivity contribution in [3.63, 3.8) is 0 Å². The second kappa shape index (κ2) is 8.81. The minimum Gasteiger partial charge on any atom is -0.328 e. The quantitative estimate of drug-likeness (QED) is 0.311. The van der Waals surface area contributed by atoms with Crippen LogP contribution in [0.1, 0.15) is 47.1 Å². The second-order valence-electron chi connectivity index (χ2n) is 8.41. The maximum atomic E-state index is 14.0. The standard InChI is InChI=1S/C26H22Cl2FN3O/c1-16-5-9-19(10-6-16)32-23-12-8-18(29)15-22(23)30-25(32)24-4-2-3-13-31(24)26(33)20-11-7-17(27)14-21(20)28/h5-12,14-15,24H,2-4,13H2,1H3. The monoisotopic (exact) mass is 481 g/mol. The fourth-order valence-corrected chi connectivity index (χ4v) is 5.01. The normalized spacial score (nSPS) is 16.4. The van der Waals surface area contributed by atoms with Crippen molar-refractivity contribution < 1.29 is 9.18 Å². The van der Waals surface area contributed by atoms with Crippen LogP contribution in [0.2, 0.25) is 10.0 Å². The number of piperidine rings is 1. The van der Waals surface area contributed by atoms with Gasteiger partial charge in [-0.25, -0.2) is 9.37 Å². The first-order chi connectivity index (χ1) is 15.9. The molecule has 0 radical (unpaired) electrons. The van der Waals surface area contributed by atoms with E-state index in [1.807, 2.05) is 40.7 Å². The average Bonchev–Trinajstić information content (AvgIpc) is 3.17. The lowest BCUT2D eigenvalue weighted by atomic mass is 9.99. The van der Waals surface area contributed by atoms with Gasteiger partial charge in [0.25, 0.3) is 5.91 Å². The van der Waals surface area contributed by atoms with E-state index in [0.717, 1.165) is 41.9 Å². The summed E-state index contributed by atoms with van der Waals surface area (Å²) < 4.78 is 16.1. The van der Waals surface area contributed by atoms with E-state index >= 15 is 0 Å². The van der Waals surface area contributed by atoms with Crippen molar-refractivity contribution in [2.75, 3.05) is 6.54 Å². The summed E-state index contributed by atoms with van der Waals surface area (Å²) in [5.74, 6) is 0.222. The van der Waals surface area contributed by atoms with Gasteiger partial charge in [0.2, 0.25) is 0 Å². The Balaban J connectivity index is 1.65. The predicted octanol–water partition coefficient (Wildman–Crippen LogP) is 7.15. The molecule has 4 aromatic rings. The number of amides is 1. The number of rotatable bonds is 3. The van der Waals surface area contributed by atoms with Crippen LogP contribution in [0.15, 0.2) is 60.7 Å². The molecule has 1 fully saturated rings. The Labute approximate surface area is 201 Å². The Hall–Kier alpha value is -2.89. The summed E-state index contributed by atoms with van der Waals surface area (Å²) in [4.78, 5) is 20.2. The molecular weight excluding hydrogens is 460 g/mol. The molecule has 1 aliphatic heterocycles. The Kier molecular flexibility index (Phi) is 5.85. The van der Waals surface area contributed by atoms with Gasteiger partial charge >= 0.3 is 0 Å². The summed E-state index contributed by atoms with van der Waals surface area (Å²) in [5, 5.41) is 0.806. The topological polar surface area (TPSA) is 38.1 Å². The van der Waals surface area contributed by atoms with Gasteiger partial charge in [-0.2, -0.15) is 0 Å². The van der Waals surface area contributed by atoms with Crippen molar-refractivity contribution in [1.29, 1.82) is 0 Å². The van der Waals surface area contributed by atoms with Gasteiger partial charge in [-0.3, -0.25) is 9.36 Å². The molecule has 7 heteroatoms. The van der Waals surface area contributed by atoms with Crippen LogP contribution >= 0.6 is 23.2 Å². The molecule has 0 bridgehead atoms. The first-order valence-corrected chi connectivity index (χ1v) is 11.7. The van der Waals surface area contributed by atoms with E-state index in [1.54, 1.807) is 24.3 Å². The van der Waals surface area contributed by atoms with Gasteiger partial charge in [-0.15, -0.1) is 0 Å². The van der Waals surface area contributed by atoms with Gasteiger partial charge in [0, 0.05) is 23.3 Å². The zero-order valence-electron chi connectivity index (χ0n) is 18.1. The molecule has 0 aliphatic carbocycles. The third-order valence-corrected chi connectivity index (χ3v) is 6.71. The molecule has 168 valence electrons. The maximum Gasteiger partial charge on any atom is 0.255 e. The van der Waals surface area contributed by atoms with Gasteiger partial charge in [-0.1, -0.05) is 40.9 Å². The molecule has 0 saturated carbocycles. The SMILES string of the molecule is Cc1ccc(-n2c(C3CCCCN3C(=O)c3ccc(Cl)cc3Cl)nc3cc(F)ccc32)cc1. The molecule has 5 rings (SSSR count). The molecule has 2 heterocycles. The second-order valence-corrected chi connectivity index (χ2v) is 9.25. The van der Waals surface area contributed by atoms with Crippen LogP contribution in [0.3, 0.4) is 0 Å². The maximum absolute atomic E-state index is 14.0. The van der Waals surface area contributed by atoms with E-state index in [-0.39, 0.29) is 17.8 Å². The number of carbonyl (C=O) groups is 1. The van der Waals surface area contributed by atoms with Crippen molar-refractivity contribution in [2.45, 2.75) is 32.2 Å². The van der Waals surface area contributed by atoms with E-state index in [9.17, 15) is 9.18 Å². The van der Waals surface area contributed by atoms with Crippen LogP contribution in [0, 0.1) is 12.7 Å². The van der Waals surface area contributed by atoms with Gasteiger partial charge in [-0.05, 0) is 68.7 Å². The molecule has 0 spiro atoms. The van der Waals surface area contributed by atoms with Crippen LogP contribution in [0.25, 0.3) is 16.7 Å². The fraction of sp³-hybridized carbons (Fsp3) is 0.231. The molecule has 1 amide bonds. The number of likely N-dealkylation sites (tertiary alicyclic amines) is 1. The molecule has 3 aromatic carbocycles. The first kappa shape index (κ1) is 21.9. The number of aryl methyl sites for hydroxylation is 1. The van der Waals surface area contributed by atoms with Crippen molar-refractivity contribution in [1.82, 2.24) is 14.5 Å². The van der Waals surface area contributed by atoms with E-state index in [0.29, 0.717) is 27.7 Å². The third kappa shape index (κ3) is 4.11. The number of carbonyl (C=O) groups excluding carboxylic acids is 1. The highest BCUT2D eigenvalue weighted by Gasteiger charge is 2.33. The van der Waals surface area contributed by atoms with Crippen LogP contribution in [0.4, 0.5) is 4.39 Å². The Morgan fingerprint density at radius 3 is 2.58 bits per heavy atom. The fourth-order valence-electron chi connectivity index (χ4n) is 4.52. The highest BCUT2D eigenvalue weighted by molar-refractivity contribution is 6.36. The number of fused-ring (bicyclic) bond motifs is 1. The molecular formula is C26H22Cl2FN3O. The molecule has 4 nitrogen and oxygen atoms in total. The summed E-state index contributed by atoms with van der Waals surface area (Å²) in [6, 6.07) is 17.4. The van der Waals surface area contributed by atoms with Crippen LogP contribution < -0.4 is 0 Å². The number of benzene rings is 3. The van der Waals surface area contributed by atoms with Crippen LogP contribution in [-0.4, -0.2) is 26.9 Å². The highest BCUT2D eigenvalue weighted by Crippen LogP contribution is 2.36. The zero-order valence-corrected chi connectivity index (χ0v) is 19.6. The van der Waals surface area contributed by atoms with E-state index in [1.165, 1.54) is 12.1 Å². The Morgan fingerprint density at radius 2 is 1.82 bits per heavy atom. The molecule has 1 saturated heterocycles. The van der Waals surface area contributed by atoms with Gasteiger partial charge in [0.15, 0.2) is 0 Å². The molecule has 1 atom stereocenters. The largest absolute Gasteiger partial charge is 0.328 e. The summed E-state index contributed by atoms with van der Waals surface area (Å²) >= 11 is 12.4. The third-order valence-electron chi connectivity index (χ3n) is 6.16. The van der Waals surface area contributed by atoms with E-state index in [4.69, 9.17) is 28.2 Å². The smallest absolute Gasteiger partial charge is 0.255 e. The number of aromatic nitrogens is 2. The minimum absolute atomic E-state index is 0.157. The predicted molar refractivity (Wildman–Crippen MR) is 130 cm³/mol. The minimum atomic E-state index is -0.341. The van der Waals surface area contributed by atoms with Crippen LogP contribution in [0.5, 0.6) is 0 Å². The van der Waals surface area contributed by atoms with E-state index < -0.39 is 0 Å².